The van der Waals surface area contributed by atoms with Crippen LogP contribution < -0.4 is 9.64 Å². The molecule has 3 rings (SSSR count). The number of anilines is 1. The molecular formula is C18H12ClF6N3O2. The van der Waals surface area contributed by atoms with Gasteiger partial charge in [-0.15, -0.1) is 0 Å². The first-order valence-electron chi connectivity index (χ1n) is 8.33. The fourth-order valence-electron chi connectivity index (χ4n) is 2.91. The van der Waals surface area contributed by atoms with E-state index in [9.17, 15) is 26.3 Å². The first-order valence-corrected chi connectivity index (χ1v) is 8.71. The molecular weight excluding hydrogens is 440 g/mol. The molecule has 2 heterocycles. The molecule has 0 radical (unpaired) electrons. The summed E-state index contributed by atoms with van der Waals surface area (Å²) in [5.41, 5.74) is -2.39. The van der Waals surface area contributed by atoms with Crippen LogP contribution in [0.5, 0.6) is 5.75 Å². The Kier molecular flexibility index (Phi) is 6.01. The molecule has 2 atom stereocenters. The Balaban J connectivity index is 1.85. The van der Waals surface area contributed by atoms with Gasteiger partial charge in [-0.1, -0.05) is 11.6 Å². The fourth-order valence-corrected chi connectivity index (χ4v) is 3.07. The van der Waals surface area contributed by atoms with Crippen LogP contribution >= 0.6 is 11.6 Å². The van der Waals surface area contributed by atoms with Crippen molar-refractivity contribution in [2.45, 2.75) is 24.7 Å². The molecule has 12 heteroatoms. The summed E-state index contributed by atoms with van der Waals surface area (Å²) in [4.78, 5) is 4.40. The fraction of sp³-hybridized carbons (Fsp3) is 0.333. The lowest BCUT2D eigenvalue weighted by Gasteiger charge is -2.27. The van der Waals surface area contributed by atoms with Gasteiger partial charge >= 0.3 is 12.4 Å². The summed E-state index contributed by atoms with van der Waals surface area (Å²) in [5.74, 6) is 0.248. The smallest absolute Gasteiger partial charge is 0.433 e. The van der Waals surface area contributed by atoms with E-state index in [-0.39, 0.29) is 29.7 Å². The highest BCUT2D eigenvalue weighted by Gasteiger charge is 2.51. The Morgan fingerprint density at radius 2 is 1.93 bits per heavy atom. The minimum absolute atomic E-state index is 0.117. The van der Waals surface area contributed by atoms with Gasteiger partial charge in [0.2, 0.25) is 6.23 Å². The van der Waals surface area contributed by atoms with E-state index >= 15 is 0 Å². The molecule has 0 bridgehead atoms. The lowest BCUT2D eigenvalue weighted by Crippen LogP contribution is -2.42. The summed E-state index contributed by atoms with van der Waals surface area (Å²) >= 11 is 5.71. The lowest BCUT2D eigenvalue weighted by atomic mass is 10.1. The van der Waals surface area contributed by atoms with Crippen LogP contribution in [0.3, 0.4) is 0 Å². The molecule has 1 aliphatic rings. The highest BCUT2D eigenvalue weighted by Crippen LogP contribution is 2.39. The summed E-state index contributed by atoms with van der Waals surface area (Å²) in [7, 11) is 0. The first kappa shape index (κ1) is 22.0. The molecule has 160 valence electrons. The van der Waals surface area contributed by atoms with Gasteiger partial charge in [0.05, 0.1) is 23.7 Å². The Hall–Kier alpha value is -2.71. The molecule has 0 unspecified atom stereocenters. The number of ether oxygens (including phenoxy) is 2. The van der Waals surface area contributed by atoms with Crippen LogP contribution in [-0.4, -0.2) is 36.6 Å². The van der Waals surface area contributed by atoms with E-state index in [1.165, 1.54) is 24.4 Å². The van der Waals surface area contributed by atoms with Crippen molar-refractivity contribution < 1.29 is 35.8 Å². The quantitative estimate of drug-likeness (QED) is 0.494. The summed E-state index contributed by atoms with van der Waals surface area (Å²) in [5, 5.41) is 8.98. The average Bonchev–Trinajstić information content (AvgIpc) is 3.10. The van der Waals surface area contributed by atoms with Gasteiger partial charge in [0.1, 0.15) is 23.6 Å². The minimum Gasteiger partial charge on any atom is -0.491 e. The molecule has 30 heavy (non-hydrogen) atoms. The van der Waals surface area contributed by atoms with Gasteiger partial charge in [0, 0.05) is 18.0 Å². The van der Waals surface area contributed by atoms with Crippen molar-refractivity contribution in [1.82, 2.24) is 4.98 Å². The zero-order chi connectivity index (χ0) is 22.1. The van der Waals surface area contributed by atoms with E-state index in [4.69, 9.17) is 26.3 Å². The monoisotopic (exact) mass is 451 g/mol. The number of benzene rings is 1. The van der Waals surface area contributed by atoms with Crippen LogP contribution in [0, 0.1) is 11.3 Å². The van der Waals surface area contributed by atoms with E-state index in [1.54, 1.807) is 0 Å². The topological polar surface area (TPSA) is 58.4 Å². The summed E-state index contributed by atoms with van der Waals surface area (Å²) < 4.78 is 90.3. The number of nitrogens with zero attached hydrogens (tertiary/aromatic N) is 3. The molecule has 0 amide bonds. The highest BCUT2D eigenvalue weighted by molar-refractivity contribution is 6.29. The number of rotatable bonds is 4. The number of aromatic nitrogens is 1. The van der Waals surface area contributed by atoms with Crippen molar-refractivity contribution in [3.63, 3.8) is 0 Å². The van der Waals surface area contributed by atoms with Crippen LogP contribution in [-0.2, 0) is 10.9 Å². The van der Waals surface area contributed by atoms with E-state index in [0.717, 1.165) is 12.1 Å². The Labute approximate surface area is 171 Å². The molecule has 1 aliphatic heterocycles. The number of pyridine rings is 1. The minimum atomic E-state index is -4.90. The van der Waals surface area contributed by atoms with Crippen LogP contribution in [0.2, 0.25) is 5.15 Å². The predicted molar refractivity (Wildman–Crippen MR) is 93.0 cm³/mol. The lowest BCUT2D eigenvalue weighted by molar-refractivity contribution is -0.215. The maximum atomic E-state index is 13.5. The van der Waals surface area contributed by atoms with Gasteiger partial charge < -0.3 is 14.4 Å². The first-order chi connectivity index (χ1) is 14.0. The molecule has 5 nitrogen and oxygen atoms in total. The SMILES string of the molecule is N#Cc1ccc(N2C[C@@H](COc3ccnc(Cl)c3)O[C@@H]2C(F)(F)F)cc1C(F)(F)F. The van der Waals surface area contributed by atoms with Crippen LogP contribution in [0.15, 0.2) is 36.5 Å². The molecule has 1 saturated heterocycles. The third-order valence-electron chi connectivity index (χ3n) is 4.18. The number of hydrogen-bond donors (Lipinski definition) is 0. The van der Waals surface area contributed by atoms with Crippen LogP contribution in [0.4, 0.5) is 32.0 Å². The maximum absolute atomic E-state index is 13.5. The Bertz CT molecular complexity index is 960. The molecule has 0 N–H and O–H groups in total. The Morgan fingerprint density at radius 3 is 2.53 bits per heavy atom. The Morgan fingerprint density at radius 1 is 1.20 bits per heavy atom. The van der Waals surface area contributed by atoms with Gasteiger partial charge in [-0.05, 0) is 24.3 Å². The van der Waals surface area contributed by atoms with Crippen molar-refractivity contribution >= 4 is 17.3 Å². The number of halogens is 7. The van der Waals surface area contributed by atoms with Gasteiger partial charge in [-0.3, -0.25) is 0 Å². The predicted octanol–water partition coefficient (Wildman–Crippen LogP) is 4.80. The second-order valence-corrected chi connectivity index (χ2v) is 6.66. The van der Waals surface area contributed by atoms with Crippen molar-refractivity contribution in [1.29, 1.82) is 5.26 Å². The molecule has 0 spiro atoms. The van der Waals surface area contributed by atoms with E-state index in [2.05, 4.69) is 4.98 Å². The third-order valence-corrected chi connectivity index (χ3v) is 4.39. The maximum Gasteiger partial charge on any atom is 0.433 e. The molecule has 1 fully saturated rings. The molecule has 1 aromatic heterocycles. The van der Waals surface area contributed by atoms with E-state index < -0.39 is 35.8 Å². The molecule has 2 aromatic rings. The second-order valence-electron chi connectivity index (χ2n) is 6.27. The molecule has 1 aromatic carbocycles. The van der Waals surface area contributed by atoms with E-state index in [0.29, 0.717) is 11.0 Å². The van der Waals surface area contributed by atoms with Crippen molar-refractivity contribution in [2.75, 3.05) is 18.1 Å². The van der Waals surface area contributed by atoms with Crippen molar-refractivity contribution in [3.05, 3.63) is 52.8 Å². The third kappa shape index (κ3) is 4.88. The molecule has 0 saturated carbocycles. The van der Waals surface area contributed by atoms with Crippen molar-refractivity contribution in [2.24, 2.45) is 0 Å². The molecule has 0 aliphatic carbocycles. The zero-order valence-corrected chi connectivity index (χ0v) is 15.6. The highest BCUT2D eigenvalue weighted by atomic mass is 35.5. The van der Waals surface area contributed by atoms with Crippen LogP contribution in [0.25, 0.3) is 0 Å². The summed E-state index contributed by atoms with van der Waals surface area (Å²) in [6, 6.07) is 6.53. The second kappa shape index (κ2) is 8.20. The van der Waals surface area contributed by atoms with Crippen molar-refractivity contribution in [3.8, 4) is 11.8 Å². The number of hydrogen-bond acceptors (Lipinski definition) is 5. The van der Waals surface area contributed by atoms with E-state index in [1.807, 2.05) is 0 Å². The van der Waals surface area contributed by atoms with Gasteiger partial charge in [0.25, 0.3) is 0 Å². The number of nitriles is 1. The zero-order valence-electron chi connectivity index (χ0n) is 14.8. The average molecular weight is 452 g/mol. The normalized spacial score (nSPS) is 19.6. The number of alkyl halides is 6. The van der Waals surface area contributed by atoms with Crippen LogP contribution in [0.1, 0.15) is 11.1 Å². The van der Waals surface area contributed by atoms with Gasteiger partial charge in [-0.2, -0.15) is 31.6 Å². The van der Waals surface area contributed by atoms with Gasteiger partial charge in [-0.25, -0.2) is 4.98 Å². The standard InChI is InChI=1S/C18H12ClF6N3O2/c19-15-6-12(3-4-27-15)29-9-13-8-28(16(30-13)18(23,24)25)11-2-1-10(7-26)14(5-11)17(20,21)22/h1-6,13,16H,8-9H2/t13-,16+/m0/s1. The van der Waals surface area contributed by atoms with Gasteiger partial charge in [0.15, 0.2) is 0 Å². The largest absolute Gasteiger partial charge is 0.491 e. The summed E-state index contributed by atoms with van der Waals surface area (Å²) in [6.45, 7) is -0.683. The summed E-state index contributed by atoms with van der Waals surface area (Å²) in [6.07, 6.45) is -12.0.